The lowest BCUT2D eigenvalue weighted by Gasteiger charge is -2.10. The van der Waals surface area contributed by atoms with E-state index in [0.29, 0.717) is 18.8 Å². The summed E-state index contributed by atoms with van der Waals surface area (Å²) in [7, 11) is 0. The molecule has 0 saturated carbocycles. The molecule has 0 atom stereocenters. The molecule has 2 heterocycles. The van der Waals surface area contributed by atoms with Gasteiger partial charge in [-0.3, -0.25) is 9.36 Å². The fourth-order valence-corrected chi connectivity index (χ4v) is 2.82. The van der Waals surface area contributed by atoms with Crippen molar-refractivity contribution in [3.05, 3.63) is 71.5 Å². The van der Waals surface area contributed by atoms with Gasteiger partial charge < -0.3 is 10.5 Å². The summed E-state index contributed by atoms with van der Waals surface area (Å²) in [5, 5.41) is 0. The zero-order valence-electron chi connectivity index (χ0n) is 12.4. The maximum Gasteiger partial charge on any atom is 0.248 e. The summed E-state index contributed by atoms with van der Waals surface area (Å²) in [5.74, 6) is 0.387. The van der Waals surface area contributed by atoms with Gasteiger partial charge in [0, 0.05) is 29.2 Å². The van der Waals surface area contributed by atoms with Crippen molar-refractivity contribution in [1.82, 2.24) is 9.55 Å². The van der Waals surface area contributed by atoms with Crippen LogP contribution in [0, 0.1) is 0 Å². The molecule has 23 heavy (non-hydrogen) atoms. The third-order valence-corrected chi connectivity index (χ3v) is 4.05. The van der Waals surface area contributed by atoms with E-state index in [1.54, 1.807) is 18.3 Å². The van der Waals surface area contributed by atoms with Gasteiger partial charge in [-0.2, -0.15) is 0 Å². The highest BCUT2D eigenvalue weighted by Gasteiger charge is 2.14. The summed E-state index contributed by atoms with van der Waals surface area (Å²) in [6.45, 7) is 1.33. The Kier molecular flexibility index (Phi) is 3.20. The van der Waals surface area contributed by atoms with Crippen molar-refractivity contribution >= 4 is 5.91 Å². The van der Waals surface area contributed by atoms with Gasteiger partial charge in [-0.1, -0.05) is 18.2 Å². The largest absolute Gasteiger partial charge is 0.372 e. The Morgan fingerprint density at radius 3 is 2.65 bits per heavy atom. The lowest BCUT2D eigenvalue weighted by Crippen LogP contribution is -2.10. The third kappa shape index (κ3) is 2.41. The molecule has 5 nitrogen and oxygen atoms in total. The summed E-state index contributed by atoms with van der Waals surface area (Å²) in [4.78, 5) is 15.6. The Bertz CT molecular complexity index is 882. The number of carbonyl (C=O) groups is 1. The number of ether oxygens (including phenoxy) is 1. The van der Waals surface area contributed by atoms with Gasteiger partial charge in [0.1, 0.15) is 5.82 Å². The Balaban J connectivity index is 1.75. The minimum Gasteiger partial charge on any atom is -0.372 e. The topological polar surface area (TPSA) is 70.1 Å². The maximum atomic E-state index is 11.2. The van der Waals surface area contributed by atoms with Gasteiger partial charge in [0.05, 0.1) is 13.2 Å². The summed E-state index contributed by atoms with van der Waals surface area (Å²) >= 11 is 0. The van der Waals surface area contributed by atoms with Crippen molar-refractivity contribution in [2.75, 3.05) is 0 Å². The van der Waals surface area contributed by atoms with E-state index in [1.807, 2.05) is 22.9 Å². The second-order valence-electron chi connectivity index (χ2n) is 5.51. The first-order valence-corrected chi connectivity index (χ1v) is 7.36. The highest BCUT2D eigenvalue weighted by atomic mass is 16.5. The number of hydrogen-bond donors (Lipinski definition) is 1. The van der Waals surface area contributed by atoms with Gasteiger partial charge in [-0.25, -0.2) is 4.98 Å². The lowest BCUT2D eigenvalue weighted by atomic mass is 10.1. The SMILES string of the molecule is NC(=O)c1ccc(-c2nccn2-c2ccc3c(c2)COC3)cc1. The van der Waals surface area contributed by atoms with E-state index in [-0.39, 0.29) is 0 Å². The van der Waals surface area contributed by atoms with Crippen molar-refractivity contribution < 1.29 is 9.53 Å². The number of aromatic nitrogens is 2. The molecule has 2 aromatic carbocycles. The second kappa shape index (κ2) is 5.37. The second-order valence-corrected chi connectivity index (χ2v) is 5.51. The van der Waals surface area contributed by atoms with Crippen LogP contribution in [0.25, 0.3) is 17.1 Å². The van der Waals surface area contributed by atoms with Crippen LogP contribution < -0.4 is 5.73 Å². The molecule has 0 spiro atoms. The quantitative estimate of drug-likeness (QED) is 0.808. The number of hydrogen-bond acceptors (Lipinski definition) is 3. The van der Waals surface area contributed by atoms with Crippen molar-refractivity contribution in [2.24, 2.45) is 5.73 Å². The minimum atomic E-state index is -0.432. The molecule has 1 aliphatic heterocycles. The maximum absolute atomic E-state index is 11.2. The molecule has 2 N–H and O–H groups in total. The molecule has 4 rings (SSSR count). The molecule has 0 bridgehead atoms. The van der Waals surface area contributed by atoms with Crippen LogP contribution in [0.5, 0.6) is 0 Å². The summed E-state index contributed by atoms with van der Waals surface area (Å²) in [6, 6.07) is 13.4. The van der Waals surface area contributed by atoms with E-state index in [4.69, 9.17) is 10.5 Å². The average Bonchev–Trinajstić information content (AvgIpc) is 3.23. The van der Waals surface area contributed by atoms with E-state index >= 15 is 0 Å². The summed E-state index contributed by atoms with van der Waals surface area (Å²) in [6.07, 6.45) is 3.69. The Morgan fingerprint density at radius 1 is 1.09 bits per heavy atom. The standard InChI is InChI=1S/C18H15N3O2/c19-17(22)12-1-3-13(4-2-12)18-20-7-8-21(18)16-6-5-14-10-23-11-15(14)9-16/h1-9H,10-11H2,(H2,19,22). The Hall–Kier alpha value is -2.92. The number of rotatable bonds is 3. The first kappa shape index (κ1) is 13.7. The number of fused-ring (bicyclic) bond motifs is 1. The zero-order chi connectivity index (χ0) is 15.8. The van der Waals surface area contributed by atoms with Gasteiger partial charge in [0.15, 0.2) is 0 Å². The van der Waals surface area contributed by atoms with Crippen molar-refractivity contribution in [1.29, 1.82) is 0 Å². The number of amides is 1. The molecule has 0 fully saturated rings. The van der Waals surface area contributed by atoms with Crippen LogP contribution in [-0.2, 0) is 18.0 Å². The number of benzene rings is 2. The molecule has 0 radical (unpaired) electrons. The fraction of sp³-hybridized carbons (Fsp3) is 0.111. The summed E-state index contributed by atoms with van der Waals surface area (Å²) in [5.41, 5.74) is 10.2. The number of nitrogens with zero attached hydrogens (tertiary/aromatic N) is 2. The van der Waals surface area contributed by atoms with E-state index in [1.165, 1.54) is 11.1 Å². The summed E-state index contributed by atoms with van der Waals surface area (Å²) < 4.78 is 7.49. The first-order valence-electron chi connectivity index (χ1n) is 7.36. The molecular formula is C18H15N3O2. The monoisotopic (exact) mass is 305 g/mol. The van der Waals surface area contributed by atoms with Gasteiger partial charge >= 0.3 is 0 Å². The number of nitrogens with two attached hydrogens (primary N) is 1. The molecule has 1 amide bonds. The van der Waals surface area contributed by atoms with E-state index in [2.05, 4.69) is 23.2 Å². The fourth-order valence-electron chi connectivity index (χ4n) is 2.82. The smallest absolute Gasteiger partial charge is 0.248 e. The predicted octanol–water partition coefficient (Wildman–Crippen LogP) is 2.67. The number of carbonyl (C=O) groups excluding carboxylic acids is 1. The van der Waals surface area contributed by atoms with E-state index in [9.17, 15) is 4.79 Å². The molecular weight excluding hydrogens is 290 g/mol. The zero-order valence-corrected chi connectivity index (χ0v) is 12.4. The van der Waals surface area contributed by atoms with E-state index in [0.717, 1.165) is 17.1 Å². The van der Waals surface area contributed by atoms with Crippen LogP contribution in [0.1, 0.15) is 21.5 Å². The molecule has 1 aromatic heterocycles. The van der Waals surface area contributed by atoms with Crippen molar-refractivity contribution in [2.45, 2.75) is 13.2 Å². The highest BCUT2D eigenvalue weighted by Crippen LogP contribution is 2.26. The Labute approximate surface area is 133 Å². The molecule has 5 heteroatoms. The van der Waals surface area contributed by atoms with Crippen LogP contribution in [0.2, 0.25) is 0 Å². The number of primary amides is 1. The van der Waals surface area contributed by atoms with Crippen LogP contribution in [0.15, 0.2) is 54.9 Å². The van der Waals surface area contributed by atoms with Crippen LogP contribution in [-0.4, -0.2) is 15.5 Å². The van der Waals surface area contributed by atoms with Crippen LogP contribution in [0.4, 0.5) is 0 Å². The molecule has 1 aliphatic rings. The van der Waals surface area contributed by atoms with Crippen molar-refractivity contribution in [3.63, 3.8) is 0 Å². The predicted molar refractivity (Wildman–Crippen MR) is 86.0 cm³/mol. The van der Waals surface area contributed by atoms with Crippen LogP contribution in [0.3, 0.4) is 0 Å². The number of imidazole rings is 1. The highest BCUT2D eigenvalue weighted by molar-refractivity contribution is 5.93. The molecule has 0 aliphatic carbocycles. The van der Waals surface area contributed by atoms with Gasteiger partial charge in [-0.15, -0.1) is 0 Å². The molecule has 0 unspecified atom stereocenters. The lowest BCUT2D eigenvalue weighted by molar-refractivity contribution is 0.100. The molecule has 0 saturated heterocycles. The first-order chi connectivity index (χ1) is 11.2. The average molecular weight is 305 g/mol. The molecule has 114 valence electrons. The van der Waals surface area contributed by atoms with Gasteiger partial charge in [-0.05, 0) is 35.4 Å². The minimum absolute atomic E-state index is 0.432. The third-order valence-electron chi connectivity index (χ3n) is 4.05. The molecule has 3 aromatic rings. The van der Waals surface area contributed by atoms with E-state index < -0.39 is 5.91 Å². The van der Waals surface area contributed by atoms with Crippen LogP contribution >= 0.6 is 0 Å². The normalized spacial score (nSPS) is 13.0. The van der Waals surface area contributed by atoms with Gasteiger partial charge in [0.2, 0.25) is 5.91 Å². The van der Waals surface area contributed by atoms with Crippen molar-refractivity contribution in [3.8, 4) is 17.1 Å². The Morgan fingerprint density at radius 2 is 1.87 bits per heavy atom. The van der Waals surface area contributed by atoms with Gasteiger partial charge in [0.25, 0.3) is 0 Å².